The maximum Gasteiger partial charge on any atom is 0.261 e. The van der Waals surface area contributed by atoms with Crippen LogP contribution in [0.3, 0.4) is 0 Å². The molecule has 1 N–H and O–H groups in total. The Morgan fingerprint density at radius 1 is 1.19 bits per heavy atom. The van der Waals surface area contributed by atoms with Crippen molar-refractivity contribution in [2.24, 2.45) is 0 Å². The second-order valence-corrected chi connectivity index (χ2v) is 5.21. The molecule has 0 spiro atoms. The molecule has 0 fully saturated rings. The molecule has 3 aromatic rings. The van der Waals surface area contributed by atoms with Crippen LogP contribution in [0.5, 0.6) is 0 Å². The Bertz CT molecular complexity index is 801. The Balaban J connectivity index is 1.86. The van der Waals surface area contributed by atoms with Crippen molar-refractivity contribution >= 4 is 17.2 Å². The maximum atomic E-state index is 12.3. The van der Waals surface area contributed by atoms with E-state index < -0.39 is 0 Å². The van der Waals surface area contributed by atoms with Gasteiger partial charge in [-0.2, -0.15) is 10.2 Å². The number of aryl methyl sites for hydroxylation is 1. The quantitative estimate of drug-likeness (QED) is 0.798. The van der Waals surface area contributed by atoms with Gasteiger partial charge in [0.2, 0.25) is 0 Å². The summed E-state index contributed by atoms with van der Waals surface area (Å²) in [6, 6.07) is 0.247. The van der Waals surface area contributed by atoms with Crippen molar-refractivity contribution in [1.29, 1.82) is 0 Å². The van der Waals surface area contributed by atoms with Crippen LogP contribution >= 0.6 is 0 Å². The van der Waals surface area contributed by atoms with Crippen molar-refractivity contribution in [3.05, 3.63) is 42.1 Å². The third-order valence-electron chi connectivity index (χ3n) is 3.12. The minimum absolute atomic E-state index is 0.246. The van der Waals surface area contributed by atoms with Crippen LogP contribution in [-0.2, 0) is 0 Å². The number of carbonyl (C=O) groups is 1. The van der Waals surface area contributed by atoms with Crippen LogP contribution in [0.4, 0.5) is 5.69 Å². The van der Waals surface area contributed by atoms with Gasteiger partial charge >= 0.3 is 0 Å². The Morgan fingerprint density at radius 2 is 2.00 bits per heavy atom. The van der Waals surface area contributed by atoms with Gasteiger partial charge in [-0.25, -0.2) is 9.50 Å². The van der Waals surface area contributed by atoms with E-state index in [1.54, 1.807) is 27.8 Å². The summed E-state index contributed by atoms with van der Waals surface area (Å²) < 4.78 is 3.38. The van der Waals surface area contributed by atoms with Crippen molar-refractivity contribution in [3.63, 3.8) is 0 Å². The number of anilines is 1. The standard InChI is InChI=1S/C14H16N6O/c1-9(2)19-8-11(5-16-19)18-14(21)12-6-17-20-7-10(3)4-15-13(12)20/h4-9H,1-3H3,(H,18,21). The molecule has 0 radical (unpaired) electrons. The predicted octanol–water partition coefficient (Wildman–Crippen LogP) is 2.07. The third kappa shape index (κ3) is 2.49. The average Bonchev–Trinajstić information content (AvgIpc) is 3.04. The van der Waals surface area contributed by atoms with Crippen LogP contribution in [0.2, 0.25) is 0 Å². The van der Waals surface area contributed by atoms with Gasteiger partial charge in [-0.15, -0.1) is 0 Å². The minimum Gasteiger partial charge on any atom is -0.319 e. The van der Waals surface area contributed by atoms with Gasteiger partial charge in [-0.1, -0.05) is 0 Å². The summed E-state index contributed by atoms with van der Waals surface area (Å²) in [6.07, 6.45) is 8.48. The molecule has 108 valence electrons. The van der Waals surface area contributed by atoms with Crippen molar-refractivity contribution < 1.29 is 4.79 Å². The van der Waals surface area contributed by atoms with E-state index in [-0.39, 0.29) is 11.9 Å². The molecule has 21 heavy (non-hydrogen) atoms. The van der Waals surface area contributed by atoms with Gasteiger partial charge in [-0.05, 0) is 26.3 Å². The molecule has 0 aliphatic carbocycles. The first-order valence-corrected chi connectivity index (χ1v) is 6.70. The van der Waals surface area contributed by atoms with Gasteiger partial charge in [0.1, 0.15) is 5.56 Å². The highest BCUT2D eigenvalue weighted by Gasteiger charge is 2.15. The molecule has 0 atom stereocenters. The lowest BCUT2D eigenvalue weighted by atomic mass is 10.3. The number of nitrogens with zero attached hydrogens (tertiary/aromatic N) is 5. The molecule has 0 aromatic carbocycles. The zero-order valence-electron chi connectivity index (χ0n) is 12.1. The fourth-order valence-electron chi connectivity index (χ4n) is 2.01. The second-order valence-electron chi connectivity index (χ2n) is 5.21. The van der Waals surface area contributed by atoms with Crippen LogP contribution < -0.4 is 5.32 Å². The van der Waals surface area contributed by atoms with E-state index in [2.05, 4.69) is 20.5 Å². The SMILES string of the molecule is Cc1cnc2c(C(=O)Nc3cnn(C(C)C)c3)cnn2c1. The lowest BCUT2D eigenvalue weighted by Crippen LogP contribution is -2.11. The number of amides is 1. The van der Waals surface area contributed by atoms with Crippen LogP contribution in [0.25, 0.3) is 5.65 Å². The molecule has 0 bridgehead atoms. The van der Waals surface area contributed by atoms with Gasteiger partial charge in [0.05, 0.1) is 18.1 Å². The van der Waals surface area contributed by atoms with Crippen molar-refractivity contribution in [1.82, 2.24) is 24.4 Å². The predicted molar refractivity (Wildman–Crippen MR) is 78.3 cm³/mol. The van der Waals surface area contributed by atoms with Gasteiger partial charge in [0.25, 0.3) is 5.91 Å². The molecule has 0 aliphatic rings. The molecule has 0 aliphatic heterocycles. The summed E-state index contributed by atoms with van der Waals surface area (Å²) in [5, 5.41) is 11.1. The number of rotatable bonds is 3. The molecule has 0 unspecified atom stereocenters. The van der Waals surface area contributed by atoms with Crippen LogP contribution in [0.15, 0.2) is 31.0 Å². The fourth-order valence-corrected chi connectivity index (χ4v) is 2.01. The topological polar surface area (TPSA) is 77.1 Å². The Labute approximate surface area is 121 Å². The summed E-state index contributed by atoms with van der Waals surface area (Å²) in [4.78, 5) is 16.6. The van der Waals surface area contributed by atoms with Crippen LogP contribution in [0, 0.1) is 6.92 Å². The van der Waals surface area contributed by atoms with E-state index in [0.29, 0.717) is 16.9 Å². The summed E-state index contributed by atoms with van der Waals surface area (Å²) in [5.74, 6) is -0.246. The van der Waals surface area contributed by atoms with E-state index in [4.69, 9.17) is 0 Å². The molecule has 1 amide bonds. The van der Waals surface area contributed by atoms with Crippen LogP contribution in [0.1, 0.15) is 35.8 Å². The van der Waals surface area contributed by atoms with Gasteiger partial charge in [0, 0.05) is 24.6 Å². The Kier molecular flexibility index (Phi) is 3.17. The molecule has 3 rings (SSSR count). The number of nitrogens with one attached hydrogen (secondary N) is 1. The lowest BCUT2D eigenvalue weighted by molar-refractivity contribution is 0.102. The zero-order valence-corrected chi connectivity index (χ0v) is 12.1. The highest BCUT2D eigenvalue weighted by molar-refractivity contribution is 6.08. The van der Waals surface area contributed by atoms with Crippen LogP contribution in [-0.4, -0.2) is 30.3 Å². The first kappa shape index (κ1) is 13.3. The summed E-state index contributed by atoms with van der Waals surface area (Å²) in [5.41, 5.74) is 2.61. The number of hydrogen-bond donors (Lipinski definition) is 1. The first-order chi connectivity index (χ1) is 10.0. The highest BCUT2D eigenvalue weighted by Crippen LogP contribution is 2.14. The average molecular weight is 284 g/mol. The Hall–Kier alpha value is -2.70. The lowest BCUT2D eigenvalue weighted by Gasteiger charge is -2.03. The number of aromatic nitrogens is 5. The van der Waals surface area contributed by atoms with Gasteiger partial charge in [0.15, 0.2) is 5.65 Å². The molecule has 3 heterocycles. The molecule has 7 nitrogen and oxygen atoms in total. The molecule has 0 saturated carbocycles. The summed E-state index contributed by atoms with van der Waals surface area (Å²) in [6.45, 7) is 5.97. The zero-order chi connectivity index (χ0) is 15.0. The molecule has 7 heteroatoms. The van der Waals surface area contributed by atoms with E-state index in [1.165, 1.54) is 6.20 Å². The second kappa shape index (κ2) is 5.01. The smallest absolute Gasteiger partial charge is 0.261 e. The maximum absolute atomic E-state index is 12.3. The van der Waals surface area contributed by atoms with Gasteiger partial charge in [-0.3, -0.25) is 9.48 Å². The molecule has 3 aromatic heterocycles. The van der Waals surface area contributed by atoms with Crippen molar-refractivity contribution in [2.75, 3.05) is 5.32 Å². The van der Waals surface area contributed by atoms with E-state index in [0.717, 1.165) is 5.56 Å². The number of hydrogen-bond acceptors (Lipinski definition) is 4. The number of carbonyl (C=O) groups excluding carboxylic acids is 1. The molecular formula is C14H16N6O. The molecule has 0 saturated heterocycles. The van der Waals surface area contributed by atoms with Crippen molar-refractivity contribution in [2.45, 2.75) is 26.8 Å². The largest absolute Gasteiger partial charge is 0.319 e. The third-order valence-corrected chi connectivity index (χ3v) is 3.12. The van der Waals surface area contributed by atoms with E-state index in [1.807, 2.05) is 27.0 Å². The summed E-state index contributed by atoms with van der Waals surface area (Å²) in [7, 11) is 0. The minimum atomic E-state index is -0.246. The number of fused-ring (bicyclic) bond motifs is 1. The monoisotopic (exact) mass is 284 g/mol. The van der Waals surface area contributed by atoms with E-state index >= 15 is 0 Å². The Morgan fingerprint density at radius 3 is 2.71 bits per heavy atom. The normalized spacial score (nSPS) is 11.2. The highest BCUT2D eigenvalue weighted by atomic mass is 16.1. The summed E-state index contributed by atoms with van der Waals surface area (Å²) >= 11 is 0. The fraction of sp³-hybridized carbons (Fsp3) is 0.286. The van der Waals surface area contributed by atoms with Gasteiger partial charge < -0.3 is 5.32 Å². The van der Waals surface area contributed by atoms with E-state index in [9.17, 15) is 4.79 Å². The molecular weight excluding hydrogens is 268 g/mol. The van der Waals surface area contributed by atoms with Crippen molar-refractivity contribution in [3.8, 4) is 0 Å². The first-order valence-electron chi connectivity index (χ1n) is 6.70.